The first-order valence-electron chi connectivity index (χ1n) is 21.0. The van der Waals surface area contributed by atoms with E-state index >= 15 is 0 Å². The second kappa shape index (κ2) is 19.0. The molecule has 0 aliphatic carbocycles. The van der Waals surface area contributed by atoms with Crippen molar-refractivity contribution in [3.63, 3.8) is 0 Å². The minimum absolute atomic E-state index is 0.00334. The first kappa shape index (κ1) is 40.9. The predicted octanol–water partition coefficient (Wildman–Crippen LogP) is 9.77. The molecule has 2 heterocycles. The molecule has 7 aromatic rings. The van der Waals surface area contributed by atoms with Crippen LogP contribution in [0.2, 0.25) is 0 Å². The topological polar surface area (TPSA) is 83.5 Å². The summed E-state index contributed by atoms with van der Waals surface area (Å²) in [4.78, 5) is 30.3. The zero-order chi connectivity index (χ0) is 42.1. The summed E-state index contributed by atoms with van der Waals surface area (Å²) in [5.41, 5.74) is 5.04. The highest BCUT2D eigenvalue weighted by molar-refractivity contribution is 6.21. The Hall–Kier alpha value is -6.52. The molecule has 1 fully saturated rings. The fourth-order valence-electron chi connectivity index (χ4n) is 8.57. The second-order valence-electron chi connectivity index (χ2n) is 15.5. The summed E-state index contributed by atoms with van der Waals surface area (Å²) in [5, 5.41) is 0. The first-order chi connectivity index (χ1) is 30.6. The molecule has 2 aliphatic rings. The largest absolute Gasteiger partial charge is 0.368 e. The Kier molecular flexibility index (Phi) is 12.5. The van der Waals surface area contributed by atoms with Crippen molar-refractivity contribution >= 4 is 11.8 Å². The van der Waals surface area contributed by atoms with Gasteiger partial charge in [-0.1, -0.05) is 194 Å². The summed E-state index contributed by atoms with van der Waals surface area (Å²) in [6, 6.07) is 65.7. The van der Waals surface area contributed by atoms with Gasteiger partial charge in [0.1, 0.15) is 30.0 Å². The number of nitrogens with zero attached hydrogens (tertiary/aromatic N) is 1. The van der Waals surface area contributed by atoms with E-state index in [0.717, 1.165) is 33.4 Å². The molecule has 0 bridgehead atoms. The Morgan fingerprint density at radius 1 is 0.435 bits per heavy atom. The summed E-state index contributed by atoms with van der Waals surface area (Å²) in [6.45, 7) is 0.504. The van der Waals surface area contributed by atoms with Crippen LogP contribution in [-0.4, -0.2) is 54.0 Å². The third-order valence-corrected chi connectivity index (χ3v) is 11.6. The molecular weight excluding hydrogens is 775 g/mol. The standard InChI is InChI=1S/C54H47NO7/c56-51-45-33-19-20-34-46(45)52(57)55(51)48-50(59-36-40-23-9-2-10-24-40)49(58-35-39-21-7-1-8-22-39)47(62-53(48)60-37-41-25-11-3-12-26-41)38-61-54(42-27-13-4-14-28-42,43-29-15-5-16-30-43)44-31-17-6-18-32-44/h1-34,47-50,53H,35-38H2/t47-,48+,49-,50-,53+/m1/s1. The number of fused-ring (bicyclic) bond motifs is 1. The fraction of sp³-hybridized carbons (Fsp3) is 0.185. The van der Waals surface area contributed by atoms with Crippen molar-refractivity contribution in [1.29, 1.82) is 0 Å². The van der Waals surface area contributed by atoms with Crippen LogP contribution in [0.5, 0.6) is 0 Å². The van der Waals surface area contributed by atoms with Gasteiger partial charge in [0.15, 0.2) is 6.29 Å². The van der Waals surface area contributed by atoms with E-state index in [4.69, 9.17) is 23.7 Å². The third-order valence-electron chi connectivity index (χ3n) is 11.6. The van der Waals surface area contributed by atoms with Crippen LogP contribution < -0.4 is 0 Å². The number of amides is 2. The molecule has 0 aromatic heterocycles. The number of hydrogen-bond acceptors (Lipinski definition) is 7. The molecule has 7 aromatic carbocycles. The molecule has 8 nitrogen and oxygen atoms in total. The van der Waals surface area contributed by atoms with Gasteiger partial charge in [-0.25, -0.2) is 0 Å². The van der Waals surface area contributed by atoms with E-state index in [9.17, 15) is 9.59 Å². The number of imide groups is 1. The molecule has 2 amide bonds. The lowest BCUT2D eigenvalue weighted by Gasteiger charge is -2.49. The molecule has 0 radical (unpaired) electrons. The lowest BCUT2D eigenvalue weighted by Crippen LogP contribution is -2.67. The molecule has 0 saturated carbocycles. The molecule has 5 atom stereocenters. The summed E-state index contributed by atoms with van der Waals surface area (Å²) >= 11 is 0. The SMILES string of the molecule is O=C1c2ccccc2C(=O)N1[C@@H]1[C@@H](OCc2ccccc2)O[C@H](COC(c2ccccc2)(c2ccccc2)c2ccccc2)[C@@H](OCc2ccccc2)[C@@H]1OCc1ccccc1. The van der Waals surface area contributed by atoms with Crippen LogP contribution in [0.3, 0.4) is 0 Å². The van der Waals surface area contributed by atoms with E-state index in [2.05, 4.69) is 36.4 Å². The van der Waals surface area contributed by atoms with E-state index < -0.39 is 48.1 Å². The Morgan fingerprint density at radius 3 is 1.21 bits per heavy atom. The zero-order valence-electron chi connectivity index (χ0n) is 34.2. The van der Waals surface area contributed by atoms with Gasteiger partial charge in [-0.15, -0.1) is 0 Å². The highest BCUT2D eigenvalue weighted by Gasteiger charge is 2.56. The summed E-state index contributed by atoms with van der Waals surface area (Å²) in [5.74, 6) is -0.901. The van der Waals surface area contributed by atoms with Crippen LogP contribution in [0.4, 0.5) is 0 Å². The van der Waals surface area contributed by atoms with Gasteiger partial charge >= 0.3 is 0 Å². The minimum Gasteiger partial charge on any atom is -0.368 e. The Balaban J connectivity index is 1.17. The maximum Gasteiger partial charge on any atom is 0.262 e. The van der Waals surface area contributed by atoms with Crippen LogP contribution in [0, 0.1) is 0 Å². The molecule has 0 spiro atoms. The van der Waals surface area contributed by atoms with Crippen LogP contribution in [0.1, 0.15) is 54.1 Å². The molecule has 310 valence electrons. The third kappa shape index (κ3) is 8.52. The summed E-state index contributed by atoms with van der Waals surface area (Å²) in [7, 11) is 0. The molecule has 9 rings (SSSR count). The smallest absolute Gasteiger partial charge is 0.262 e. The first-order valence-corrected chi connectivity index (χ1v) is 21.0. The number of carbonyl (C=O) groups is 2. The van der Waals surface area contributed by atoms with E-state index in [-0.39, 0.29) is 26.4 Å². The van der Waals surface area contributed by atoms with Gasteiger partial charge in [0.25, 0.3) is 11.8 Å². The summed E-state index contributed by atoms with van der Waals surface area (Å²) < 4.78 is 35.3. The summed E-state index contributed by atoms with van der Waals surface area (Å²) in [6.07, 6.45) is -3.79. The van der Waals surface area contributed by atoms with Crippen molar-refractivity contribution in [2.45, 2.75) is 56.1 Å². The second-order valence-corrected chi connectivity index (χ2v) is 15.5. The predicted molar refractivity (Wildman–Crippen MR) is 236 cm³/mol. The maximum atomic E-state index is 14.5. The lowest BCUT2D eigenvalue weighted by molar-refractivity contribution is -0.304. The molecule has 0 N–H and O–H groups in total. The zero-order valence-corrected chi connectivity index (χ0v) is 34.2. The highest BCUT2D eigenvalue weighted by Crippen LogP contribution is 2.42. The Bertz CT molecular complexity index is 2390. The maximum absolute atomic E-state index is 14.5. The normalized spacial score (nSPS) is 19.9. The van der Waals surface area contributed by atoms with Crippen molar-refractivity contribution < 1.29 is 33.3 Å². The lowest BCUT2D eigenvalue weighted by atomic mass is 9.80. The average molecular weight is 822 g/mol. The molecular formula is C54H47NO7. The molecule has 2 aliphatic heterocycles. The van der Waals surface area contributed by atoms with E-state index in [1.54, 1.807) is 24.3 Å². The number of benzene rings is 7. The van der Waals surface area contributed by atoms with Gasteiger partial charge in [0.2, 0.25) is 0 Å². The quantitative estimate of drug-likeness (QED) is 0.0709. The average Bonchev–Trinajstić information content (AvgIpc) is 3.59. The van der Waals surface area contributed by atoms with E-state index in [0.29, 0.717) is 11.1 Å². The van der Waals surface area contributed by atoms with Crippen LogP contribution in [0.25, 0.3) is 0 Å². The van der Waals surface area contributed by atoms with Crippen molar-refractivity contribution in [3.05, 3.63) is 251 Å². The van der Waals surface area contributed by atoms with E-state index in [1.165, 1.54) is 4.90 Å². The van der Waals surface area contributed by atoms with Crippen LogP contribution in [0.15, 0.2) is 206 Å². The molecule has 0 unspecified atom stereocenters. The van der Waals surface area contributed by atoms with Crippen LogP contribution >= 0.6 is 0 Å². The monoisotopic (exact) mass is 821 g/mol. The van der Waals surface area contributed by atoms with Gasteiger partial charge in [0.05, 0.1) is 37.6 Å². The highest BCUT2D eigenvalue weighted by atomic mass is 16.7. The van der Waals surface area contributed by atoms with Gasteiger partial charge in [-0.05, 0) is 45.5 Å². The Morgan fingerprint density at radius 2 is 0.790 bits per heavy atom. The number of rotatable bonds is 16. The van der Waals surface area contributed by atoms with Crippen molar-refractivity contribution in [2.75, 3.05) is 6.61 Å². The number of ether oxygens (including phenoxy) is 5. The van der Waals surface area contributed by atoms with Gasteiger partial charge in [0, 0.05) is 0 Å². The Labute approximate surface area is 362 Å². The molecule has 62 heavy (non-hydrogen) atoms. The molecule has 8 heteroatoms. The van der Waals surface area contributed by atoms with Crippen molar-refractivity contribution in [1.82, 2.24) is 4.90 Å². The minimum atomic E-state index is -1.15. The number of hydrogen-bond donors (Lipinski definition) is 0. The van der Waals surface area contributed by atoms with Crippen LogP contribution in [-0.2, 0) is 49.1 Å². The van der Waals surface area contributed by atoms with Crippen molar-refractivity contribution in [2.24, 2.45) is 0 Å². The van der Waals surface area contributed by atoms with Gasteiger partial charge in [-0.2, -0.15) is 0 Å². The number of carbonyl (C=O) groups excluding carboxylic acids is 2. The molecule has 1 saturated heterocycles. The van der Waals surface area contributed by atoms with E-state index in [1.807, 2.05) is 146 Å². The van der Waals surface area contributed by atoms with Gasteiger partial charge in [-0.3, -0.25) is 14.5 Å². The van der Waals surface area contributed by atoms with Crippen molar-refractivity contribution in [3.8, 4) is 0 Å². The fourth-order valence-corrected chi connectivity index (χ4v) is 8.57. The van der Waals surface area contributed by atoms with Gasteiger partial charge < -0.3 is 23.7 Å².